The number of fused-ring (bicyclic) bond motifs is 1. The van der Waals surface area contributed by atoms with Gasteiger partial charge in [-0.2, -0.15) is 0 Å². The highest BCUT2D eigenvalue weighted by atomic mass is 16.7. The van der Waals surface area contributed by atoms with Crippen LogP contribution in [0.3, 0.4) is 0 Å². The lowest BCUT2D eigenvalue weighted by atomic mass is 9.49. The second-order valence-corrected chi connectivity index (χ2v) is 12.0. The van der Waals surface area contributed by atoms with Crippen LogP contribution >= 0.6 is 0 Å². The molecule has 0 amide bonds. The first-order valence-corrected chi connectivity index (χ1v) is 12.3. The zero-order valence-corrected chi connectivity index (χ0v) is 21.8. The second-order valence-electron chi connectivity index (χ2n) is 12.0. The van der Waals surface area contributed by atoms with Gasteiger partial charge in [0.2, 0.25) is 6.79 Å². The maximum absolute atomic E-state index is 6.46. The van der Waals surface area contributed by atoms with E-state index >= 15 is 0 Å². The van der Waals surface area contributed by atoms with Crippen LogP contribution in [-0.2, 0) is 25.0 Å². The molecule has 0 saturated carbocycles. The molecule has 2 saturated heterocycles. The van der Waals surface area contributed by atoms with Gasteiger partial charge in [0.05, 0.1) is 22.4 Å². The molecule has 3 heterocycles. The highest BCUT2D eigenvalue weighted by Crippen LogP contribution is 2.47. The molecule has 0 spiro atoms. The first-order valence-electron chi connectivity index (χ1n) is 12.3. The standard InChI is InChI=1S/C25H40B2O6/c1-17(14-18-11-12-19-20(15-18)29-16-28-19)10-13-21(26-30-22(2,3)23(4,5)31-26)27-32-24(6,7)25(8,9)33-27/h11-12,15,17,21H,10,13-14,16H2,1-9H3. The predicted octanol–water partition coefficient (Wildman–Crippen LogP) is 5.47. The summed E-state index contributed by atoms with van der Waals surface area (Å²) in [6.45, 7) is 19.3. The summed E-state index contributed by atoms with van der Waals surface area (Å²) in [5.74, 6) is 2.14. The summed E-state index contributed by atoms with van der Waals surface area (Å²) in [7, 11) is -0.745. The quantitative estimate of drug-likeness (QED) is 0.506. The summed E-state index contributed by atoms with van der Waals surface area (Å²) in [6.07, 6.45) is 2.86. The van der Waals surface area contributed by atoms with Gasteiger partial charge in [-0.05, 0) is 85.4 Å². The Bertz CT molecular complexity index is 800. The fraction of sp³-hybridized carbons (Fsp3) is 0.760. The first-order chi connectivity index (χ1) is 15.2. The fourth-order valence-electron chi connectivity index (χ4n) is 4.58. The zero-order valence-electron chi connectivity index (χ0n) is 21.8. The van der Waals surface area contributed by atoms with Crippen LogP contribution in [0.5, 0.6) is 11.5 Å². The summed E-state index contributed by atoms with van der Waals surface area (Å²) in [5, 5.41) is 0. The van der Waals surface area contributed by atoms with Crippen molar-refractivity contribution in [1.29, 1.82) is 0 Å². The van der Waals surface area contributed by atoms with Gasteiger partial charge in [-0.1, -0.05) is 25.8 Å². The number of hydrogen-bond donors (Lipinski definition) is 0. The van der Waals surface area contributed by atoms with E-state index in [1.807, 2.05) is 6.07 Å². The summed E-state index contributed by atoms with van der Waals surface area (Å²) < 4.78 is 36.8. The SMILES string of the molecule is CC(CCC(B1OC(C)(C)C(C)(C)O1)B1OC(C)(C)C(C)(C)O1)Cc1ccc2c(c1)OCO2. The van der Waals surface area contributed by atoms with Crippen molar-refractivity contribution in [2.45, 2.75) is 110 Å². The highest BCUT2D eigenvalue weighted by molar-refractivity contribution is 6.68. The van der Waals surface area contributed by atoms with E-state index in [2.05, 4.69) is 74.4 Å². The third-order valence-electron chi connectivity index (χ3n) is 8.26. The second kappa shape index (κ2) is 8.47. The first kappa shape index (κ1) is 24.9. The third-order valence-corrected chi connectivity index (χ3v) is 8.26. The number of hydrogen-bond acceptors (Lipinski definition) is 6. The molecule has 0 bridgehead atoms. The van der Waals surface area contributed by atoms with Gasteiger partial charge in [0, 0.05) is 5.72 Å². The van der Waals surface area contributed by atoms with Gasteiger partial charge in [-0.15, -0.1) is 0 Å². The van der Waals surface area contributed by atoms with E-state index in [0.717, 1.165) is 30.8 Å². The Morgan fingerprint density at radius 2 is 1.21 bits per heavy atom. The molecule has 1 aromatic carbocycles. The van der Waals surface area contributed by atoms with Gasteiger partial charge in [0.15, 0.2) is 11.5 Å². The van der Waals surface area contributed by atoms with E-state index in [1.165, 1.54) is 5.56 Å². The Morgan fingerprint density at radius 3 is 1.73 bits per heavy atom. The lowest BCUT2D eigenvalue weighted by Crippen LogP contribution is -2.41. The van der Waals surface area contributed by atoms with Crippen LogP contribution < -0.4 is 9.47 Å². The van der Waals surface area contributed by atoms with E-state index < -0.39 is 22.4 Å². The van der Waals surface area contributed by atoms with Crippen molar-refractivity contribution in [2.24, 2.45) is 5.92 Å². The zero-order chi connectivity index (χ0) is 24.2. The minimum absolute atomic E-state index is 0.0219. The Balaban J connectivity index is 1.46. The van der Waals surface area contributed by atoms with Crippen LogP contribution in [0.15, 0.2) is 18.2 Å². The van der Waals surface area contributed by atoms with Crippen molar-refractivity contribution in [2.75, 3.05) is 6.79 Å². The van der Waals surface area contributed by atoms with Crippen LogP contribution in [0.1, 0.15) is 80.7 Å². The molecule has 3 aliphatic rings. The molecule has 8 heteroatoms. The smallest absolute Gasteiger partial charge is 0.454 e. The van der Waals surface area contributed by atoms with Crippen molar-refractivity contribution in [1.82, 2.24) is 0 Å². The van der Waals surface area contributed by atoms with Crippen LogP contribution in [0.2, 0.25) is 5.72 Å². The number of benzene rings is 1. The molecule has 182 valence electrons. The van der Waals surface area contributed by atoms with E-state index in [-0.39, 0.29) is 20.0 Å². The highest BCUT2D eigenvalue weighted by Gasteiger charge is 2.61. The molecule has 0 aromatic heterocycles. The molecule has 1 atom stereocenters. The van der Waals surface area contributed by atoms with Gasteiger partial charge in [0.1, 0.15) is 0 Å². The van der Waals surface area contributed by atoms with Crippen LogP contribution in [0.25, 0.3) is 0 Å². The molecule has 0 N–H and O–H groups in total. The van der Waals surface area contributed by atoms with E-state index in [1.54, 1.807) is 0 Å². The average molecular weight is 458 g/mol. The molecule has 6 nitrogen and oxygen atoms in total. The Kier molecular flexibility index (Phi) is 6.39. The lowest BCUT2D eigenvalue weighted by Gasteiger charge is -2.32. The van der Waals surface area contributed by atoms with E-state index in [0.29, 0.717) is 12.7 Å². The Hall–Kier alpha value is -1.21. The molecule has 1 aromatic rings. The van der Waals surface area contributed by atoms with Crippen molar-refractivity contribution in [3.63, 3.8) is 0 Å². The van der Waals surface area contributed by atoms with Gasteiger partial charge < -0.3 is 28.1 Å². The van der Waals surface area contributed by atoms with Crippen molar-refractivity contribution < 1.29 is 28.1 Å². The lowest BCUT2D eigenvalue weighted by molar-refractivity contribution is 0.00578. The maximum Gasteiger partial charge on any atom is 0.458 e. The molecule has 0 aliphatic carbocycles. The molecule has 2 fully saturated rings. The maximum atomic E-state index is 6.46. The molecular weight excluding hydrogens is 418 g/mol. The molecule has 1 unspecified atom stereocenters. The van der Waals surface area contributed by atoms with Crippen LogP contribution in [0.4, 0.5) is 0 Å². The average Bonchev–Trinajstić information content (AvgIpc) is 3.28. The summed E-state index contributed by atoms with van der Waals surface area (Å²) >= 11 is 0. The van der Waals surface area contributed by atoms with Crippen LogP contribution in [0, 0.1) is 5.92 Å². The summed E-state index contributed by atoms with van der Waals surface area (Å²) in [6, 6.07) is 6.23. The summed E-state index contributed by atoms with van der Waals surface area (Å²) in [5.41, 5.74) is -0.328. The molecule has 0 radical (unpaired) electrons. The summed E-state index contributed by atoms with van der Waals surface area (Å²) in [4.78, 5) is 0. The normalized spacial score (nSPS) is 25.2. The van der Waals surface area contributed by atoms with Crippen molar-refractivity contribution >= 4 is 14.2 Å². The monoisotopic (exact) mass is 458 g/mol. The molecule has 33 heavy (non-hydrogen) atoms. The van der Waals surface area contributed by atoms with Crippen LogP contribution in [-0.4, -0.2) is 43.4 Å². The van der Waals surface area contributed by atoms with E-state index in [4.69, 9.17) is 28.1 Å². The number of rotatable bonds is 7. The largest absolute Gasteiger partial charge is 0.458 e. The van der Waals surface area contributed by atoms with E-state index in [9.17, 15) is 0 Å². The minimum atomic E-state index is -0.391. The topological polar surface area (TPSA) is 55.4 Å². The third kappa shape index (κ3) is 4.82. The van der Waals surface area contributed by atoms with Gasteiger partial charge in [0.25, 0.3) is 0 Å². The Labute approximate surface area is 200 Å². The molecular formula is C25H40B2O6. The van der Waals surface area contributed by atoms with Crippen molar-refractivity contribution in [3.05, 3.63) is 23.8 Å². The number of ether oxygens (including phenoxy) is 2. The Morgan fingerprint density at radius 1 is 0.727 bits per heavy atom. The molecule has 4 rings (SSSR count). The minimum Gasteiger partial charge on any atom is -0.454 e. The van der Waals surface area contributed by atoms with Gasteiger partial charge in [-0.3, -0.25) is 0 Å². The van der Waals surface area contributed by atoms with Gasteiger partial charge in [-0.25, -0.2) is 0 Å². The van der Waals surface area contributed by atoms with Gasteiger partial charge >= 0.3 is 14.2 Å². The predicted molar refractivity (Wildman–Crippen MR) is 131 cm³/mol. The fourth-order valence-corrected chi connectivity index (χ4v) is 4.58. The van der Waals surface area contributed by atoms with Crippen molar-refractivity contribution in [3.8, 4) is 11.5 Å². The molecule has 3 aliphatic heterocycles.